The first-order valence-corrected chi connectivity index (χ1v) is 3.12. The second-order valence-electron chi connectivity index (χ2n) is 0.860. The summed E-state index contributed by atoms with van der Waals surface area (Å²) in [7, 11) is -6.81. The van der Waals surface area contributed by atoms with E-state index in [0.29, 0.717) is 0 Å². The summed E-state index contributed by atoms with van der Waals surface area (Å²) in [6.45, 7) is 0. The van der Waals surface area contributed by atoms with Crippen molar-refractivity contribution >= 4 is 44.7 Å². The number of hydrogen-bond acceptors (Lipinski definition) is 4. The molecule has 0 aromatic rings. The third kappa shape index (κ3) is 13600. The Morgan fingerprint density at radius 1 is 0.550 bits per heavy atom. The third-order valence-corrected chi connectivity index (χ3v) is 0. The third-order valence-electron chi connectivity index (χ3n) is 0. The molecule has 0 saturated heterocycles. The fourth-order valence-corrected chi connectivity index (χ4v) is 0. The van der Waals surface area contributed by atoms with E-state index in [1.807, 2.05) is 0 Å². The summed E-state index contributed by atoms with van der Waals surface area (Å²) in [6.07, 6.45) is 0. The molecule has 0 rings (SSSR count). The van der Waals surface area contributed by atoms with Gasteiger partial charge in [0.25, 0.3) is 0 Å². The van der Waals surface area contributed by atoms with E-state index < -0.39 is 15.1 Å². The molecule has 0 bridgehead atoms. The van der Waals surface area contributed by atoms with Crippen LogP contribution in [0.1, 0.15) is 0 Å². The van der Waals surface area contributed by atoms with Crippen molar-refractivity contribution in [3.8, 4) is 0 Å². The predicted molar refractivity (Wildman–Crippen MR) is 70.0 cm³/mol. The fraction of sp³-hybridized carbons (Fsp3) is 0. The molecule has 0 aliphatic carbocycles. The summed E-state index contributed by atoms with van der Waals surface area (Å²) in [5.74, 6) is 0. The van der Waals surface area contributed by atoms with Gasteiger partial charge in [0.15, 0.2) is 0 Å². The van der Waals surface area contributed by atoms with Crippen LogP contribution in [0.3, 0.4) is 0 Å². The Labute approximate surface area is 134 Å². The van der Waals surface area contributed by atoms with Gasteiger partial charge < -0.3 is 84.5 Å². The summed E-state index contributed by atoms with van der Waals surface area (Å²) < 4.78 is 8.88. The Morgan fingerprint density at radius 3 is 0.550 bits per heavy atom. The molecule has 0 aromatic heterocycles. The molecule has 0 heterocycles. The van der Waals surface area contributed by atoms with Gasteiger partial charge in [-0.2, -0.15) is 0 Å². The molecule has 20 heavy (non-hydrogen) atoms. The van der Waals surface area contributed by atoms with E-state index in [-0.39, 0.29) is 84.3 Å². The van der Waals surface area contributed by atoms with Gasteiger partial charge in [0.1, 0.15) is 0 Å². The van der Waals surface area contributed by atoms with Crippen LogP contribution in [-0.4, -0.2) is 121 Å². The van der Waals surface area contributed by atoms with Crippen LogP contribution in [0.2, 0.25) is 0 Å². The van der Waals surface area contributed by atoms with Crippen molar-refractivity contribution in [3.05, 3.63) is 0 Å². The predicted octanol–water partition coefficient (Wildman–Crippen LogP) is -11.9. The van der Waals surface area contributed by atoms with Gasteiger partial charge in [0.05, 0.1) is 0 Å². The molecule has 0 aromatic carbocycles. The summed E-state index contributed by atoms with van der Waals surface area (Å²) in [5, 5.41) is 21.5. The van der Waals surface area contributed by atoms with E-state index in [0.717, 1.165) is 0 Å². The van der Waals surface area contributed by atoms with Gasteiger partial charge in [0.2, 0.25) is 0 Å². The molecule has 0 fully saturated rings. The van der Waals surface area contributed by atoms with Crippen molar-refractivity contribution in [2.75, 3.05) is 0 Å². The quantitative estimate of drug-likeness (QED) is 0.178. The van der Waals surface area contributed by atoms with Gasteiger partial charge in [0, 0.05) is 0 Å². The summed E-state index contributed by atoms with van der Waals surface area (Å²) in [5.41, 5.74) is 0. The monoisotopic (exact) mass is 364 g/mol. The fourth-order valence-electron chi connectivity index (χ4n) is 0. The molecule has 138 valence electrons. The van der Waals surface area contributed by atoms with E-state index in [2.05, 4.69) is 0 Å². The van der Waals surface area contributed by atoms with Crippen LogP contribution in [0.5, 0.6) is 0 Å². The van der Waals surface area contributed by atoms with Crippen LogP contribution in [0.15, 0.2) is 0 Å². The van der Waals surface area contributed by atoms with E-state index in [1.165, 1.54) is 0 Å². The Kier molecular flexibility index (Phi) is 500. The molecular weight excluding hydrogens is 337 g/mol. The van der Waals surface area contributed by atoms with Crippen LogP contribution < -0.4 is 0 Å². The summed E-state index contributed by atoms with van der Waals surface area (Å²) in [6, 6.07) is 0. The van der Waals surface area contributed by atoms with Gasteiger partial charge in [-0.15, -0.1) is 0 Å². The molecular formula is H27BNaO17P. The average molecular weight is 364 g/mol. The SMILES string of the molecule is O.O.O.O.O.O.O.O.O.O.O=P(O)(O)O.OB(O)O.[NaH]. The van der Waals surface area contributed by atoms with Gasteiger partial charge in [-0.05, 0) is 0 Å². The van der Waals surface area contributed by atoms with Crippen LogP contribution >= 0.6 is 7.82 Å². The second-order valence-corrected chi connectivity index (χ2v) is 1.89. The standard InChI is InChI=1S/BH3O3.Na.H3O4P.10H2O.H/c2-1(3)4;;1-5(2,3)4;;;;;;;;;;;/h2-4H;;(H3,1,2,3,4);10*1H2;. The Hall–Kier alpha value is 0.655. The van der Waals surface area contributed by atoms with Crippen molar-refractivity contribution in [1.29, 1.82) is 0 Å². The van der Waals surface area contributed by atoms with Crippen molar-refractivity contribution in [2.24, 2.45) is 0 Å². The molecule has 0 saturated carbocycles. The molecule has 0 aliphatic heterocycles. The topological polar surface area (TPSA) is 453 Å². The normalized spacial score (nSPS) is 4.30. The van der Waals surface area contributed by atoms with Crippen molar-refractivity contribution in [1.82, 2.24) is 0 Å². The molecule has 0 radical (unpaired) electrons. The first-order valence-electron chi connectivity index (χ1n) is 1.56. The van der Waals surface area contributed by atoms with Crippen molar-refractivity contribution in [2.45, 2.75) is 0 Å². The first kappa shape index (κ1) is 136. The van der Waals surface area contributed by atoms with Crippen LogP contribution in [-0.2, 0) is 4.57 Å². The molecule has 26 N–H and O–H groups in total. The van der Waals surface area contributed by atoms with E-state index >= 15 is 0 Å². The minimum absolute atomic E-state index is 0. The van der Waals surface area contributed by atoms with E-state index in [9.17, 15) is 0 Å². The molecule has 17 nitrogen and oxygen atoms in total. The molecule has 0 unspecified atom stereocenters. The summed E-state index contributed by atoms with van der Waals surface area (Å²) >= 11 is 0. The number of rotatable bonds is 0. The molecule has 0 spiro atoms. The zero-order valence-electron chi connectivity index (χ0n) is 9.12. The van der Waals surface area contributed by atoms with Gasteiger partial charge >= 0.3 is 44.7 Å². The Bertz CT molecular complexity index is 88.1. The second kappa shape index (κ2) is 73.4. The average Bonchev–Trinajstić information content (AvgIpc) is 1.19. The number of phosphoric acid groups is 1. The van der Waals surface area contributed by atoms with Crippen molar-refractivity contribution in [3.63, 3.8) is 0 Å². The van der Waals surface area contributed by atoms with Crippen LogP contribution in [0, 0.1) is 0 Å². The van der Waals surface area contributed by atoms with Crippen molar-refractivity contribution < 1.29 is 89.1 Å². The van der Waals surface area contributed by atoms with E-state index in [1.54, 1.807) is 0 Å². The van der Waals surface area contributed by atoms with Gasteiger partial charge in [-0.3, -0.25) is 0 Å². The first-order chi connectivity index (χ1) is 3.73. The molecule has 0 aliphatic rings. The maximum absolute atomic E-state index is 8.88. The molecule has 0 amide bonds. The minimum atomic E-state index is -4.64. The zero-order valence-corrected chi connectivity index (χ0v) is 10.0. The maximum atomic E-state index is 8.88. The van der Waals surface area contributed by atoms with E-state index in [4.69, 9.17) is 34.3 Å². The Balaban J connectivity index is -0.00000000289. The Morgan fingerprint density at radius 2 is 0.550 bits per heavy atom. The summed E-state index contributed by atoms with van der Waals surface area (Å²) in [4.78, 5) is 21.6. The van der Waals surface area contributed by atoms with Gasteiger partial charge in [-0.1, -0.05) is 0 Å². The molecule has 20 heteroatoms. The van der Waals surface area contributed by atoms with Crippen LogP contribution in [0.25, 0.3) is 0 Å². The zero-order chi connectivity index (χ0) is 8.08. The number of hydrogen-bond donors (Lipinski definition) is 6. The van der Waals surface area contributed by atoms with Crippen LogP contribution in [0.4, 0.5) is 0 Å². The molecule has 0 atom stereocenters. The van der Waals surface area contributed by atoms with Gasteiger partial charge in [-0.25, -0.2) is 4.57 Å².